The molecule has 3 nitrogen and oxygen atoms in total. The maximum Gasteiger partial charge on any atom is 0.425 e. The molecule has 11 heavy (non-hydrogen) atoms. The second-order valence-electron chi connectivity index (χ2n) is 1.72. The van der Waals surface area contributed by atoms with Gasteiger partial charge in [0.05, 0.1) is 0 Å². The van der Waals surface area contributed by atoms with Crippen LogP contribution in [-0.2, 0) is 9.53 Å². The summed E-state index contributed by atoms with van der Waals surface area (Å²) >= 11 is 0. The number of carbonyl (C=O) groups is 1. The van der Waals surface area contributed by atoms with E-state index in [0.29, 0.717) is 0 Å². The van der Waals surface area contributed by atoms with Crippen LogP contribution in [0.15, 0.2) is 0 Å². The van der Waals surface area contributed by atoms with Crippen LogP contribution in [0.4, 0.5) is 13.2 Å². The number of aliphatic carboxylic acids is 1. The SMILES string of the molecule is CCOC(C(=O)O)C(F)(F)F. The Labute approximate surface area is 60.8 Å². The molecule has 0 bridgehead atoms. The minimum atomic E-state index is -4.83. The summed E-state index contributed by atoms with van der Waals surface area (Å²) in [5, 5.41) is 7.99. The Morgan fingerprint density at radius 2 is 2.09 bits per heavy atom. The van der Waals surface area contributed by atoms with Gasteiger partial charge in [0, 0.05) is 6.61 Å². The zero-order valence-corrected chi connectivity index (χ0v) is 5.68. The van der Waals surface area contributed by atoms with Crippen LogP contribution < -0.4 is 0 Å². The Bertz CT molecular complexity index is 142. The normalized spacial score (nSPS) is 14.5. The molecule has 0 aliphatic rings. The number of alkyl halides is 3. The van der Waals surface area contributed by atoms with Crippen molar-refractivity contribution < 1.29 is 27.8 Å². The molecule has 6 heteroatoms. The first-order valence-electron chi connectivity index (χ1n) is 2.80. The minimum Gasteiger partial charge on any atom is -0.479 e. The van der Waals surface area contributed by atoms with Crippen LogP contribution in [-0.4, -0.2) is 30.0 Å². The van der Waals surface area contributed by atoms with Gasteiger partial charge in [-0.1, -0.05) is 0 Å². The summed E-state index contributed by atoms with van der Waals surface area (Å²) in [5.74, 6) is -2.01. The highest BCUT2D eigenvalue weighted by molar-refractivity contribution is 5.73. The van der Waals surface area contributed by atoms with Gasteiger partial charge in [-0.2, -0.15) is 13.2 Å². The highest BCUT2D eigenvalue weighted by Gasteiger charge is 2.46. The van der Waals surface area contributed by atoms with Crippen LogP contribution in [0.5, 0.6) is 0 Å². The molecule has 0 saturated carbocycles. The second kappa shape index (κ2) is 3.56. The average Bonchev–Trinajstić information content (AvgIpc) is 1.79. The van der Waals surface area contributed by atoms with E-state index in [-0.39, 0.29) is 6.61 Å². The maximum atomic E-state index is 11.7. The molecule has 0 saturated heterocycles. The van der Waals surface area contributed by atoms with Gasteiger partial charge >= 0.3 is 12.1 Å². The molecule has 0 radical (unpaired) electrons. The lowest BCUT2D eigenvalue weighted by Crippen LogP contribution is -2.38. The smallest absolute Gasteiger partial charge is 0.425 e. The summed E-state index contributed by atoms with van der Waals surface area (Å²) in [6, 6.07) is 0. The molecule has 0 aromatic heterocycles. The fourth-order valence-electron chi connectivity index (χ4n) is 0.472. The van der Waals surface area contributed by atoms with Crippen molar-refractivity contribution in [1.82, 2.24) is 0 Å². The second-order valence-corrected chi connectivity index (χ2v) is 1.72. The summed E-state index contributed by atoms with van der Waals surface area (Å²) in [7, 11) is 0. The number of carboxylic acid groups (broad SMARTS) is 1. The third-order valence-electron chi connectivity index (χ3n) is 0.855. The first kappa shape index (κ1) is 10.2. The van der Waals surface area contributed by atoms with E-state index >= 15 is 0 Å². The summed E-state index contributed by atoms with van der Waals surface area (Å²) in [6.45, 7) is 1.01. The fourth-order valence-corrected chi connectivity index (χ4v) is 0.472. The predicted octanol–water partition coefficient (Wildman–Crippen LogP) is 1.04. The van der Waals surface area contributed by atoms with E-state index in [0.717, 1.165) is 0 Å². The van der Waals surface area contributed by atoms with Crippen molar-refractivity contribution in [1.29, 1.82) is 0 Å². The van der Waals surface area contributed by atoms with Gasteiger partial charge in [-0.15, -0.1) is 0 Å². The van der Waals surface area contributed by atoms with E-state index in [4.69, 9.17) is 5.11 Å². The summed E-state index contributed by atoms with van der Waals surface area (Å²) < 4.78 is 38.9. The van der Waals surface area contributed by atoms with Crippen LogP contribution in [0.3, 0.4) is 0 Å². The maximum absolute atomic E-state index is 11.7. The number of carboxylic acids is 1. The van der Waals surface area contributed by atoms with Crippen molar-refractivity contribution >= 4 is 5.97 Å². The Hall–Kier alpha value is -0.780. The first-order valence-corrected chi connectivity index (χ1v) is 2.80. The molecule has 0 aliphatic carbocycles. The summed E-state index contributed by atoms with van der Waals surface area (Å²) in [5.41, 5.74) is 0. The number of hydrogen-bond donors (Lipinski definition) is 1. The van der Waals surface area contributed by atoms with Crippen molar-refractivity contribution in [3.05, 3.63) is 0 Å². The molecule has 0 rings (SSSR count). The Morgan fingerprint density at radius 1 is 1.64 bits per heavy atom. The molecule has 66 valence electrons. The van der Waals surface area contributed by atoms with Crippen molar-refractivity contribution in [2.24, 2.45) is 0 Å². The standard InChI is InChI=1S/C5H7F3O3/c1-2-11-3(4(9)10)5(6,7)8/h3H,2H2,1H3,(H,9,10). The monoisotopic (exact) mass is 172 g/mol. The zero-order valence-electron chi connectivity index (χ0n) is 5.68. The minimum absolute atomic E-state index is 0.281. The van der Waals surface area contributed by atoms with Gasteiger partial charge in [0.15, 0.2) is 0 Å². The number of hydrogen-bond acceptors (Lipinski definition) is 2. The fraction of sp³-hybridized carbons (Fsp3) is 0.800. The van der Waals surface area contributed by atoms with Crippen molar-refractivity contribution in [3.63, 3.8) is 0 Å². The van der Waals surface area contributed by atoms with E-state index < -0.39 is 18.2 Å². The topological polar surface area (TPSA) is 46.5 Å². The molecular weight excluding hydrogens is 165 g/mol. The van der Waals surface area contributed by atoms with E-state index in [1.165, 1.54) is 6.92 Å². The van der Waals surface area contributed by atoms with Crippen LogP contribution in [0, 0.1) is 0 Å². The Balaban J connectivity index is 4.22. The lowest BCUT2D eigenvalue weighted by molar-refractivity contribution is -0.226. The molecule has 0 aliphatic heterocycles. The van der Waals surface area contributed by atoms with Gasteiger partial charge in [-0.3, -0.25) is 0 Å². The lowest BCUT2D eigenvalue weighted by atomic mass is 10.3. The van der Waals surface area contributed by atoms with Gasteiger partial charge in [0.25, 0.3) is 6.10 Å². The highest BCUT2D eigenvalue weighted by Crippen LogP contribution is 2.22. The van der Waals surface area contributed by atoms with Crippen LogP contribution >= 0.6 is 0 Å². The molecule has 1 unspecified atom stereocenters. The lowest BCUT2D eigenvalue weighted by Gasteiger charge is -2.14. The molecular formula is C5H7F3O3. The Morgan fingerprint density at radius 3 is 2.18 bits per heavy atom. The molecule has 0 spiro atoms. The third kappa shape index (κ3) is 3.22. The first-order chi connectivity index (χ1) is 4.89. The Kier molecular flexibility index (Phi) is 3.31. The van der Waals surface area contributed by atoms with Crippen LogP contribution in [0.1, 0.15) is 6.92 Å². The number of rotatable bonds is 3. The van der Waals surface area contributed by atoms with Gasteiger partial charge in [0.1, 0.15) is 0 Å². The quantitative estimate of drug-likeness (QED) is 0.691. The zero-order chi connectivity index (χ0) is 9.07. The van der Waals surface area contributed by atoms with Crippen molar-refractivity contribution in [2.75, 3.05) is 6.61 Å². The number of ether oxygens (including phenoxy) is 1. The summed E-state index contributed by atoms with van der Waals surface area (Å²) in [6.07, 6.45) is -7.53. The summed E-state index contributed by atoms with van der Waals surface area (Å²) in [4.78, 5) is 9.89. The molecule has 1 N–H and O–H groups in total. The highest BCUT2D eigenvalue weighted by atomic mass is 19.4. The van der Waals surface area contributed by atoms with Gasteiger partial charge in [-0.05, 0) is 6.92 Å². The van der Waals surface area contributed by atoms with E-state index in [2.05, 4.69) is 4.74 Å². The molecule has 0 heterocycles. The van der Waals surface area contributed by atoms with Gasteiger partial charge in [0.2, 0.25) is 0 Å². The van der Waals surface area contributed by atoms with E-state index in [9.17, 15) is 18.0 Å². The van der Waals surface area contributed by atoms with Crippen LogP contribution in [0.25, 0.3) is 0 Å². The predicted molar refractivity (Wildman–Crippen MR) is 29.1 cm³/mol. The van der Waals surface area contributed by atoms with Gasteiger partial charge in [-0.25, -0.2) is 4.79 Å². The third-order valence-corrected chi connectivity index (χ3v) is 0.855. The van der Waals surface area contributed by atoms with Crippen LogP contribution in [0.2, 0.25) is 0 Å². The van der Waals surface area contributed by atoms with E-state index in [1.54, 1.807) is 0 Å². The largest absolute Gasteiger partial charge is 0.479 e. The number of halogens is 3. The van der Waals surface area contributed by atoms with Crippen molar-refractivity contribution in [3.8, 4) is 0 Å². The molecule has 0 aromatic rings. The average molecular weight is 172 g/mol. The molecule has 0 aromatic carbocycles. The molecule has 0 amide bonds. The van der Waals surface area contributed by atoms with E-state index in [1.807, 2.05) is 0 Å². The molecule has 1 atom stereocenters. The van der Waals surface area contributed by atoms with Crippen molar-refractivity contribution in [2.45, 2.75) is 19.2 Å². The molecule has 0 fully saturated rings. The van der Waals surface area contributed by atoms with Gasteiger partial charge < -0.3 is 9.84 Å².